The Hall–Kier alpha value is -1.51. The molecule has 1 amide bonds. The molecule has 1 heterocycles. The van der Waals surface area contributed by atoms with E-state index in [0.717, 1.165) is 37.1 Å². The Bertz CT molecular complexity index is 552. The van der Waals surface area contributed by atoms with Crippen LogP contribution in [-0.4, -0.2) is 31.5 Å². The molecule has 2 atom stereocenters. The molecule has 1 aliphatic carbocycles. The lowest BCUT2D eigenvalue weighted by molar-refractivity contribution is -0.138. The van der Waals surface area contributed by atoms with Crippen molar-refractivity contribution in [3.05, 3.63) is 29.8 Å². The second kappa shape index (κ2) is 5.94. The number of likely N-dealkylation sites (N-methyl/N-ethyl adjacent to an activating group) is 1. The monoisotopic (exact) mass is 301 g/mol. The van der Waals surface area contributed by atoms with Crippen molar-refractivity contribution in [2.75, 3.05) is 20.7 Å². The number of methoxy groups -OCH3 is 1. The molecule has 0 aromatic heterocycles. The van der Waals surface area contributed by atoms with Gasteiger partial charge in [-0.2, -0.15) is 0 Å². The van der Waals surface area contributed by atoms with Crippen molar-refractivity contribution in [1.82, 2.24) is 4.90 Å². The molecule has 2 aliphatic rings. The SMILES string of the molecule is COc1cccc(C2(C(C)C3CC3)CCCCN(C)C2=O)c1. The first-order valence-electron chi connectivity index (χ1n) is 8.49. The van der Waals surface area contributed by atoms with Gasteiger partial charge in [-0.05, 0) is 55.2 Å². The van der Waals surface area contributed by atoms with E-state index in [1.165, 1.54) is 12.8 Å². The quantitative estimate of drug-likeness (QED) is 0.850. The largest absolute Gasteiger partial charge is 0.497 e. The molecule has 1 saturated heterocycles. The van der Waals surface area contributed by atoms with Crippen molar-refractivity contribution in [3.8, 4) is 5.75 Å². The summed E-state index contributed by atoms with van der Waals surface area (Å²) >= 11 is 0. The molecule has 0 radical (unpaired) electrons. The number of hydrogen-bond donors (Lipinski definition) is 0. The lowest BCUT2D eigenvalue weighted by atomic mass is 9.65. The molecule has 1 aromatic rings. The molecule has 3 rings (SSSR count). The highest BCUT2D eigenvalue weighted by atomic mass is 16.5. The van der Waals surface area contributed by atoms with Gasteiger partial charge in [0.1, 0.15) is 5.75 Å². The number of likely N-dealkylation sites (tertiary alicyclic amines) is 1. The minimum Gasteiger partial charge on any atom is -0.497 e. The summed E-state index contributed by atoms with van der Waals surface area (Å²) in [6, 6.07) is 8.19. The van der Waals surface area contributed by atoms with E-state index < -0.39 is 0 Å². The summed E-state index contributed by atoms with van der Waals surface area (Å²) in [5.74, 6) is 2.24. The fraction of sp³-hybridized carbons (Fsp3) is 0.632. The Morgan fingerprint density at radius 3 is 2.77 bits per heavy atom. The van der Waals surface area contributed by atoms with E-state index in [2.05, 4.69) is 19.1 Å². The number of carbonyl (C=O) groups is 1. The van der Waals surface area contributed by atoms with Crippen molar-refractivity contribution in [2.45, 2.75) is 44.4 Å². The third-order valence-corrected chi connectivity index (χ3v) is 5.73. The summed E-state index contributed by atoms with van der Waals surface area (Å²) in [5.41, 5.74) is 0.769. The lowest BCUT2D eigenvalue weighted by Crippen LogP contribution is -2.49. The third kappa shape index (κ3) is 2.51. The van der Waals surface area contributed by atoms with E-state index in [1.807, 2.05) is 24.1 Å². The van der Waals surface area contributed by atoms with E-state index in [0.29, 0.717) is 17.7 Å². The molecule has 1 aromatic carbocycles. The van der Waals surface area contributed by atoms with E-state index in [4.69, 9.17) is 4.74 Å². The second-order valence-electron chi connectivity index (χ2n) is 7.01. The maximum Gasteiger partial charge on any atom is 0.233 e. The van der Waals surface area contributed by atoms with Gasteiger partial charge in [0.05, 0.1) is 12.5 Å². The lowest BCUT2D eigenvalue weighted by Gasteiger charge is -2.40. The molecule has 2 fully saturated rings. The van der Waals surface area contributed by atoms with Crippen LogP contribution in [0.5, 0.6) is 5.75 Å². The zero-order valence-electron chi connectivity index (χ0n) is 14.0. The highest BCUT2D eigenvalue weighted by Crippen LogP contribution is 2.51. The molecule has 120 valence electrons. The van der Waals surface area contributed by atoms with Crippen LogP contribution in [-0.2, 0) is 10.2 Å². The van der Waals surface area contributed by atoms with Crippen molar-refractivity contribution < 1.29 is 9.53 Å². The van der Waals surface area contributed by atoms with Crippen molar-refractivity contribution >= 4 is 5.91 Å². The van der Waals surface area contributed by atoms with Gasteiger partial charge in [-0.25, -0.2) is 0 Å². The molecule has 2 unspecified atom stereocenters. The minimum absolute atomic E-state index is 0.303. The van der Waals surface area contributed by atoms with Crippen LogP contribution in [0.25, 0.3) is 0 Å². The molecule has 3 heteroatoms. The number of rotatable bonds is 4. The number of ether oxygens (including phenoxy) is 1. The first kappa shape index (κ1) is 15.4. The molecule has 0 bridgehead atoms. The molecule has 3 nitrogen and oxygen atoms in total. The zero-order valence-corrected chi connectivity index (χ0v) is 14.0. The molecule has 22 heavy (non-hydrogen) atoms. The number of nitrogens with zero attached hydrogens (tertiary/aromatic N) is 1. The van der Waals surface area contributed by atoms with E-state index in [-0.39, 0.29) is 5.41 Å². The van der Waals surface area contributed by atoms with Gasteiger partial charge in [0.25, 0.3) is 0 Å². The average Bonchev–Trinajstić information content (AvgIpc) is 3.38. The molecule has 0 spiro atoms. The highest BCUT2D eigenvalue weighted by molar-refractivity contribution is 5.89. The second-order valence-corrected chi connectivity index (χ2v) is 7.01. The number of benzene rings is 1. The molecule has 1 aliphatic heterocycles. The minimum atomic E-state index is -0.374. The Kier molecular flexibility index (Phi) is 4.16. The standard InChI is InChI=1S/C19H27NO2/c1-14(15-9-10-15)19(11-4-5-12-20(2)18(19)21)16-7-6-8-17(13-16)22-3/h6-8,13-15H,4-5,9-12H2,1-3H3. The van der Waals surface area contributed by atoms with Gasteiger partial charge in [-0.1, -0.05) is 25.5 Å². The Morgan fingerprint density at radius 2 is 2.09 bits per heavy atom. The first-order chi connectivity index (χ1) is 10.6. The maximum absolute atomic E-state index is 13.3. The van der Waals surface area contributed by atoms with Gasteiger partial charge in [0.15, 0.2) is 0 Å². The molecule has 1 saturated carbocycles. The zero-order chi connectivity index (χ0) is 15.7. The summed E-state index contributed by atoms with van der Waals surface area (Å²) < 4.78 is 5.41. The normalized spacial score (nSPS) is 27.4. The van der Waals surface area contributed by atoms with Crippen LogP contribution < -0.4 is 4.74 Å². The van der Waals surface area contributed by atoms with Crippen LogP contribution >= 0.6 is 0 Å². The van der Waals surface area contributed by atoms with Gasteiger partial charge < -0.3 is 9.64 Å². The number of hydrogen-bond acceptors (Lipinski definition) is 2. The van der Waals surface area contributed by atoms with Crippen LogP contribution in [0.15, 0.2) is 24.3 Å². The molecular weight excluding hydrogens is 274 g/mol. The predicted molar refractivity (Wildman–Crippen MR) is 88.0 cm³/mol. The van der Waals surface area contributed by atoms with Crippen LogP contribution in [0.3, 0.4) is 0 Å². The summed E-state index contributed by atoms with van der Waals surface area (Å²) in [7, 11) is 3.65. The maximum atomic E-state index is 13.3. The van der Waals surface area contributed by atoms with Gasteiger partial charge in [0, 0.05) is 13.6 Å². The van der Waals surface area contributed by atoms with E-state index in [1.54, 1.807) is 7.11 Å². The predicted octanol–water partition coefficient (Wildman–Crippen LogP) is 3.62. The number of amides is 1. The highest BCUT2D eigenvalue weighted by Gasteiger charge is 2.51. The van der Waals surface area contributed by atoms with Crippen LogP contribution in [0.1, 0.15) is 44.6 Å². The Labute approximate surface area is 133 Å². The summed E-state index contributed by atoms with van der Waals surface area (Å²) in [4.78, 5) is 15.3. The van der Waals surface area contributed by atoms with Gasteiger partial charge in [0.2, 0.25) is 5.91 Å². The van der Waals surface area contributed by atoms with Crippen LogP contribution in [0.2, 0.25) is 0 Å². The van der Waals surface area contributed by atoms with Crippen LogP contribution in [0, 0.1) is 11.8 Å². The van der Waals surface area contributed by atoms with Gasteiger partial charge in [-0.15, -0.1) is 0 Å². The fourth-order valence-electron chi connectivity index (χ4n) is 4.15. The molecular formula is C19H27NO2. The summed E-state index contributed by atoms with van der Waals surface area (Å²) in [6.07, 6.45) is 5.71. The average molecular weight is 301 g/mol. The van der Waals surface area contributed by atoms with Crippen LogP contribution in [0.4, 0.5) is 0 Å². The van der Waals surface area contributed by atoms with Gasteiger partial charge >= 0.3 is 0 Å². The first-order valence-corrected chi connectivity index (χ1v) is 8.49. The third-order valence-electron chi connectivity index (χ3n) is 5.73. The number of carbonyl (C=O) groups excluding carboxylic acids is 1. The summed E-state index contributed by atoms with van der Waals surface area (Å²) in [5, 5.41) is 0. The Morgan fingerprint density at radius 1 is 1.32 bits per heavy atom. The smallest absolute Gasteiger partial charge is 0.233 e. The topological polar surface area (TPSA) is 29.5 Å². The van der Waals surface area contributed by atoms with Crippen molar-refractivity contribution in [3.63, 3.8) is 0 Å². The summed E-state index contributed by atoms with van der Waals surface area (Å²) in [6.45, 7) is 3.16. The van der Waals surface area contributed by atoms with Gasteiger partial charge in [-0.3, -0.25) is 4.79 Å². The van der Waals surface area contributed by atoms with Crippen molar-refractivity contribution in [1.29, 1.82) is 0 Å². The van der Waals surface area contributed by atoms with Crippen molar-refractivity contribution in [2.24, 2.45) is 11.8 Å². The van der Waals surface area contributed by atoms with E-state index in [9.17, 15) is 4.79 Å². The Balaban J connectivity index is 2.10. The molecule has 0 N–H and O–H groups in total. The van der Waals surface area contributed by atoms with E-state index >= 15 is 0 Å². The fourth-order valence-corrected chi connectivity index (χ4v) is 4.15.